The van der Waals surface area contributed by atoms with Crippen LogP contribution >= 0.6 is 90.4 Å². The summed E-state index contributed by atoms with van der Waals surface area (Å²) in [6, 6.07) is 44.0. The highest BCUT2D eigenvalue weighted by molar-refractivity contribution is 14.1. The van der Waals surface area contributed by atoms with Crippen LogP contribution in [0.15, 0.2) is 127 Å². The summed E-state index contributed by atoms with van der Waals surface area (Å²) in [4.78, 5) is 1.97. The lowest BCUT2D eigenvalue weighted by atomic mass is 9.82. The molecule has 3 aliphatic carbocycles. The number of fused-ring (bicyclic) bond motifs is 9. The van der Waals surface area contributed by atoms with Crippen molar-refractivity contribution >= 4 is 90.4 Å². The van der Waals surface area contributed by atoms with Crippen molar-refractivity contribution in [2.45, 2.75) is 31.5 Å². The number of benzene rings is 6. The van der Waals surface area contributed by atoms with Gasteiger partial charge in [-0.15, -0.1) is 0 Å². The molecule has 0 radical (unpaired) electrons. The summed E-state index contributed by atoms with van der Waals surface area (Å²) in [5.74, 6) is -1.85. The third kappa shape index (κ3) is 6.78. The number of halogens is 4. The number of rotatable bonds is 0. The topological polar surface area (TPSA) is 40.5 Å². The van der Waals surface area contributed by atoms with Gasteiger partial charge in [0.15, 0.2) is 0 Å². The highest BCUT2D eigenvalue weighted by atomic mass is 127. The summed E-state index contributed by atoms with van der Waals surface area (Å²) < 4.78 is 3.64. The smallest absolute Gasteiger partial charge is 0.218 e. The van der Waals surface area contributed by atoms with Gasteiger partial charge in [0.05, 0.1) is 0 Å². The van der Waals surface area contributed by atoms with Gasteiger partial charge in [0.25, 0.3) is 0 Å². The van der Waals surface area contributed by atoms with E-state index in [0.717, 1.165) is 21.1 Å². The average Bonchev–Trinajstić information content (AvgIpc) is 3.65. The van der Waals surface area contributed by atoms with E-state index < -0.39 is 5.79 Å². The third-order valence-corrected chi connectivity index (χ3v) is 11.3. The van der Waals surface area contributed by atoms with Gasteiger partial charge in [0.2, 0.25) is 5.79 Å². The predicted molar refractivity (Wildman–Crippen MR) is 234 cm³/mol. The molecule has 6 aromatic rings. The van der Waals surface area contributed by atoms with E-state index in [2.05, 4.69) is 189 Å². The van der Waals surface area contributed by atoms with Crippen molar-refractivity contribution in [3.63, 3.8) is 0 Å². The van der Waals surface area contributed by atoms with Gasteiger partial charge in [-0.3, -0.25) is 0 Å². The highest BCUT2D eigenvalue weighted by Crippen LogP contribution is 2.49. The Labute approximate surface area is 338 Å². The molecule has 0 heterocycles. The first-order chi connectivity index (χ1) is 23.1. The first kappa shape index (κ1) is 36.0. The molecule has 48 heavy (non-hydrogen) atoms. The largest absolute Gasteiger partial charge is 0.358 e. The monoisotopic (exact) mass is 1080 g/mol. The second kappa shape index (κ2) is 14.8. The molecule has 0 fully saturated rings. The van der Waals surface area contributed by atoms with E-state index >= 15 is 0 Å². The van der Waals surface area contributed by atoms with Gasteiger partial charge >= 0.3 is 0 Å². The number of alkyl halides is 1. The maximum absolute atomic E-state index is 10.2. The van der Waals surface area contributed by atoms with Crippen LogP contribution in [0, 0.1) is 10.7 Å². The molecule has 0 saturated carbocycles. The molecule has 6 aromatic carbocycles. The van der Waals surface area contributed by atoms with E-state index in [-0.39, 0.29) is 5.41 Å². The van der Waals surface area contributed by atoms with Crippen molar-refractivity contribution in [1.29, 1.82) is 0 Å². The second-order valence-corrected chi connectivity index (χ2v) is 16.1. The van der Waals surface area contributed by atoms with Gasteiger partial charge in [-0.25, -0.2) is 0 Å². The van der Waals surface area contributed by atoms with Crippen LogP contribution in [0.4, 0.5) is 0 Å². The zero-order valence-electron chi connectivity index (χ0n) is 26.7. The zero-order chi connectivity index (χ0) is 34.2. The molecule has 0 saturated heterocycles. The molecule has 0 spiro atoms. The summed E-state index contributed by atoms with van der Waals surface area (Å²) in [5.41, 5.74) is 14.6. The number of hydrogen-bond donors (Lipinski definition) is 2. The van der Waals surface area contributed by atoms with E-state index in [9.17, 15) is 10.2 Å². The lowest BCUT2D eigenvalue weighted by Crippen LogP contribution is -2.23. The standard InChI is InChI=1S/C15H13I.C13H9IO2.C13H9I.CH3I/c1-15(2)13-6-4-3-5-11(13)12-8-7-10(16)9-14(12)15;14-8-5-6-10-9-3-1-2-4-11(9)13(15,16)12(10)7-8;14-11-5-6-13-10(8-11)7-9-3-1-2-4-12(9)13;1-2/h3-9H,1-2H3;1-7,15-16H;1-6,8H,7H2;1H3. The minimum atomic E-state index is -1.85. The lowest BCUT2D eigenvalue weighted by molar-refractivity contribution is -0.128. The molecular weight excluding hydrogens is 1040 g/mol. The van der Waals surface area contributed by atoms with Crippen LogP contribution in [0.3, 0.4) is 0 Å². The molecule has 0 aliphatic heterocycles. The van der Waals surface area contributed by atoms with Gasteiger partial charge in [0.1, 0.15) is 0 Å². The van der Waals surface area contributed by atoms with Gasteiger partial charge < -0.3 is 10.2 Å². The van der Waals surface area contributed by atoms with E-state index in [0.29, 0.717) is 11.1 Å². The van der Waals surface area contributed by atoms with E-state index in [1.807, 2.05) is 41.3 Å². The molecule has 0 unspecified atom stereocenters. The summed E-state index contributed by atoms with van der Waals surface area (Å²) in [6.45, 7) is 4.63. The van der Waals surface area contributed by atoms with Gasteiger partial charge in [-0.05, 0) is 171 Å². The average molecular weight is 1080 g/mol. The van der Waals surface area contributed by atoms with E-state index in [1.54, 1.807) is 6.07 Å². The molecular formula is C42H34I4O2. The molecule has 0 bridgehead atoms. The van der Waals surface area contributed by atoms with Gasteiger partial charge in [-0.2, -0.15) is 0 Å². The van der Waals surface area contributed by atoms with Crippen molar-refractivity contribution in [1.82, 2.24) is 0 Å². The molecule has 0 atom stereocenters. The van der Waals surface area contributed by atoms with Crippen LogP contribution in [-0.4, -0.2) is 15.1 Å². The molecule has 9 rings (SSSR count). The minimum absolute atomic E-state index is 0.146. The fraction of sp³-hybridized carbons (Fsp3) is 0.143. The maximum atomic E-state index is 10.2. The minimum Gasteiger partial charge on any atom is -0.358 e. The van der Waals surface area contributed by atoms with Crippen LogP contribution < -0.4 is 0 Å². The van der Waals surface area contributed by atoms with E-state index in [4.69, 9.17) is 0 Å². The number of aliphatic hydroxyl groups is 2. The van der Waals surface area contributed by atoms with Crippen molar-refractivity contribution in [2.24, 2.45) is 0 Å². The van der Waals surface area contributed by atoms with Gasteiger partial charge in [-0.1, -0.05) is 127 Å². The maximum Gasteiger partial charge on any atom is 0.218 e. The summed E-state index contributed by atoms with van der Waals surface area (Å²) >= 11 is 9.08. The predicted octanol–water partition coefficient (Wildman–Crippen LogP) is 12.0. The van der Waals surface area contributed by atoms with Crippen molar-refractivity contribution < 1.29 is 10.2 Å². The Kier molecular flexibility index (Phi) is 11.1. The zero-order valence-corrected chi connectivity index (χ0v) is 35.4. The molecule has 3 aliphatic rings. The quantitative estimate of drug-likeness (QED) is 0.0903. The Morgan fingerprint density at radius 1 is 0.438 bits per heavy atom. The molecule has 0 aromatic heterocycles. The Hall–Kier alpha value is -1.84. The Morgan fingerprint density at radius 2 is 0.854 bits per heavy atom. The molecule has 2 N–H and O–H groups in total. The lowest BCUT2D eigenvalue weighted by Gasteiger charge is -2.21. The highest BCUT2D eigenvalue weighted by Gasteiger charge is 2.39. The SMILES string of the molecule is CC1(C)c2ccccc2-c2ccc(I)cc21.CI.Ic1ccc2c(c1)Cc1ccccc1-2.OC1(O)c2ccccc2-c2ccc(I)cc21. The number of hydrogen-bond acceptors (Lipinski definition) is 2. The third-order valence-electron chi connectivity index (χ3n) is 9.25. The van der Waals surface area contributed by atoms with Crippen molar-refractivity contribution in [3.05, 3.63) is 171 Å². The van der Waals surface area contributed by atoms with E-state index in [1.165, 1.54) is 51.6 Å². The van der Waals surface area contributed by atoms with Crippen LogP contribution in [-0.2, 0) is 17.6 Å². The molecule has 2 nitrogen and oxygen atoms in total. The van der Waals surface area contributed by atoms with Crippen LogP contribution in [0.25, 0.3) is 33.4 Å². The second-order valence-electron chi connectivity index (χ2n) is 12.4. The summed E-state index contributed by atoms with van der Waals surface area (Å²) in [6.07, 6.45) is 1.10. The Balaban J connectivity index is 0.000000122. The van der Waals surface area contributed by atoms with Crippen LogP contribution in [0.2, 0.25) is 0 Å². The molecule has 242 valence electrons. The van der Waals surface area contributed by atoms with Crippen molar-refractivity contribution in [3.8, 4) is 33.4 Å². The van der Waals surface area contributed by atoms with Gasteiger partial charge in [0, 0.05) is 27.3 Å². The summed E-state index contributed by atoms with van der Waals surface area (Å²) in [7, 11) is 0. The Bertz CT molecular complexity index is 2030. The molecule has 0 amide bonds. The first-order valence-corrected chi connectivity index (χ1v) is 20.9. The fourth-order valence-electron chi connectivity index (χ4n) is 7.00. The van der Waals surface area contributed by atoms with Crippen molar-refractivity contribution in [2.75, 3.05) is 4.93 Å². The summed E-state index contributed by atoms with van der Waals surface area (Å²) in [5, 5.41) is 20.4. The molecule has 6 heteroatoms. The van der Waals surface area contributed by atoms with Crippen LogP contribution in [0.5, 0.6) is 0 Å². The van der Waals surface area contributed by atoms with Crippen LogP contribution in [0.1, 0.15) is 47.2 Å². The first-order valence-electron chi connectivity index (χ1n) is 15.5. The normalized spacial score (nSPS) is 14.2. The Morgan fingerprint density at radius 3 is 1.50 bits per heavy atom. The fourth-order valence-corrected chi connectivity index (χ4v) is 8.54.